The molecule has 170 valence electrons. The number of hydrogen-bond acceptors (Lipinski definition) is 8. The Morgan fingerprint density at radius 3 is 2.06 bits per heavy atom. The molecule has 3 rings (SSSR count). The number of nitrogens with zero attached hydrogens (tertiary/aromatic N) is 3. The lowest BCUT2D eigenvalue weighted by Gasteiger charge is -2.33. The monoisotopic (exact) mass is 464 g/mol. The van der Waals surface area contributed by atoms with Crippen molar-refractivity contribution in [1.29, 1.82) is 0 Å². The Bertz CT molecular complexity index is 1160. The van der Waals surface area contributed by atoms with Crippen molar-refractivity contribution in [2.24, 2.45) is 0 Å². The molecule has 1 saturated heterocycles. The molecule has 1 heterocycles. The summed E-state index contributed by atoms with van der Waals surface area (Å²) in [5.41, 5.74) is -1.25. The van der Waals surface area contributed by atoms with Gasteiger partial charge in [0.2, 0.25) is 0 Å². The topological polar surface area (TPSA) is 170 Å². The molecular formula is C19H20N4O8S. The van der Waals surface area contributed by atoms with E-state index in [1.807, 2.05) is 7.05 Å². The average molecular weight is 464 g/mol. The smallest absolute Gasteiger partial charge is 0.335 e. The summed E-state index contributed by atoms with van der Waals surface area (Å²) in [6.07, 6.45) is 0. The van der Waals surface area contributed by atoms with Crippen molar-refractivity contribution in [3.05, 3.63) is 57.6 Å². The number of nitrogens with one attached hydrogen (secondary N) is 1. The van der Waals surface area contributed by atoms with Crippen molar-refractivity contribution >= 4 is 39.0 Å². The number of hydrogen-bond donors (Lipinski definition) is 3. The van der Waals surface area contributed by atoms with Crippen LogP contribution in [0.2, 0.25) is 0 Å². The van der Waals surface area contributed by atoms with Gasteiger partial charge in [-0.15, -0.1) is 0 Å². The van der Waals surface area contributed by atoms with Crippen LogP contribution in [0, 0.1) is 10.1 Å². The molecule has 12 nitrogen and oxygen atoms in total. The van der Waals surface area contributed by atoms with E-state index in [0.717, 1.165) is 24.3 Å². The van der Waals surface area contributed by atoms with Gasteiger partial charge in [-0.1, -0.05) is 0 Å². The van der Waals surface area contributed by atoms with E-state index in [1.54, 1.807) is 4.90 Å². The molecule has 0 spiro atoms. The van der Waals surface area contributed by atoms with Crippen LogP contribution in [0.5, 0.6) is 0 Å². The molecule has 0 saturated carbocycles. The van der Waals surface area contributed by atoms with Crippen LogP contribution in [0.3, 0.4) is 0 Å². The number of aromatic carboxylic acids is 2. The first-order chi connectivity index (χ1) is 15.0. The van der Waals surface area contributed by atoms with Crippen LogP contribution in [0.15, 0.2) is 41.3 Å². The van der Waals surface area contributed by atoms with Crippen molar-refractivity contribution in [1.82, 2.24) is 4.90 Å². The first kappa shape index (κ1) is 23.0. The quantitative estimate of drug-likeness (QED) is 0.403. The first-order valence-electron chi connectivity index (χ1n) is 9.34. The molecule has 0 atom stereocenters. The Kier molecular flexibility index (Phi) is 6.32. The molecule has 2 aromatic rings. The van der Waals surface area contributed by atoms with Crippen LogP contribution >= 0.6 is 0 Å². The molecule has 0 radical (unpaired) electrons. The number of likely N-dealkylation sites (N-methyl/N-ethyl adjacent to an activating group) is 1. The molecule has 0 aliphatic carbocycles. The van der Waals surface area contributed by atoms with Gasteiger partial charge in [-0.2, -0.15) is 0 Å². The van der Waals surface area contributed by atoms with E-state index in [0.29, 0.717) is 31.9 Å². The SMILES string of the molecule is CN1CCN(c2ccc(S(=O)(=O)Nc3cc(C(=O)O)cc(C(=O)O)c3)cc2[N+](=O)[O-])CC1. The van der Waals surface area contributed by atoms with E-state index in [2.05, 4.69) is 9.62 Å². The van der Waals surface area contributed by atoms with Gasteiger partial charge in [0, 0.05) is 32.2 Å². The van der Waals surface area contributed by atoms with Crippen molar-refractivity contribution in [3.8, 4) is 0 Å². The van der Waals surface area contributed by atoms with E-state index in [9.17, 15) is 28.1 Å². The number of anilines is 2. The highest BCUT2D eigenvalue weighted by molar-refractivity contribution is 7.92. The maximum absolute atomic E-state index is 12.8. The summed E-state index contributed by atoms with van der Waals surface area (Å²) < 4.78 is 27.7. The van der Waals surface area contributed by atoms with Crippen LogP contribution in [-0.4, -0.2) is 73.6 Å². The Labute approximate surface area is 182 Å². The molecule has 13 heteroatoms. The molecule has 32 heavy (non-hydrogen) atoms. The molecule has 3 N–H and O–H groups in total. The number of carbonyl (C=O) groups is 2. The van der Waals surface area contributed by atoms with Crippen LogP contribution in [0.4, 0.5) is 17.1 Å². The van der Waals surface area contributed by atoms with Gasteiger partial charge in [-0.25, -0.2) is 18.0 Å². The fraction of sp³-hybridized carbons (Fsp3) is 0.263. The number of benzene rings is 2. The van der Waals surface area contributed by atoms with Crippen LogP contribution in [0.25, 0.3) is 0 Å². The van der Waals surface area contributed by atoms with E-state index in [4.69, 9.17) is 10.2 Å². The number of nitro benzene ring substituents is 1. The van der Waals surface area contributed by atoms with E-state index >= 15 is 0 Å². The minimum absolute atomic E-state index is 0.295. The van der Waals surface area contributed by atoms with Crippen LogP contribution < -0.4 is 9.62 Å². The lowest BCUT2D eigenvalue weighted by molar-refractivity contribution is -0.384. The first-order valence-corrected chi connectivity index (χ1v) is 10.8. The predicted molar refractivity (Wildman–Crippen MR) is 114 cm³/mol. The fourth-order valence-corrected chi connectivity index (χ4v) is 4.34. The summed E-state index contributed by atoms with van der Waals surface area (Å²) >= 11 is 0. The van der Waals surface area contributed by atoms with Crippen molar-refractivity contribution in [2.75, 3.05) is 42.8 Å². The second-order valence-corrected chi connectivity index (χ2v) is 8.90. The molecule has 0 aromatic heterocycles. The number of piperazine rings is 1. The second-order valence-electron chi connectivity index (χ2n) is 7.21. The third-order valence-corrected chi connectivity index (χ3v) is 6.36. The van der Waals surface area contributed by atoms with Gasteiger partial charge < -0.3 is 20.0 Å². The minimum atomic E-state index is -4.38. The summed E-state index contributed by atoms with van der Waals surface area (Å²) in [7, 11) is -2.44. The molecule has 1 aliphatic rings. The summed E-state index contributed by atoms with van der Waals surface area (Å²) in [5.74, 6) is -2.89. The number of carboxylic acid groups (broad SMARTS) is 2. The van der Waals surface area contributed by atoms with E-state index in [-0.39, 0.29) is 11.4 Å². The van der Waals surface area contributed by atoms with E-state index < -0.39 is 42.9 Å². The lowest BCUT2D eigenvalue weighted by Crippen LogP contribution is -2.44. The normalized spacial score (nSPS) is 14.7. The van der Waals surface area contributed by atoms with Gasteiger partial charge in [0.15, 0.2) is 0 Å². The van der Waals surface area contributed by atoms with E-state index in [1.165, 1.54) is 12.1 Å². The van der Waals surface area contributed by atoms with Crippen LogP contribution in [-0.2, 0) is 10.0 Å². The fourth-order valence-electron chi connectivity index (χ4n) is 3.28. The third kappa shape index (κ3) is 4.95. The van der Waals surface area contributed by atoms with Gasteiger partial charge in [0.1, 0.15) is 5.69 Å². The van der Waals surface area contributed by atoms with Crippen LogP contribution in [0.1, 0.15) is 20.7 Å². The Morgan fingerprint density at radius 1 is 1.00 bits per heavy atom. The highest BCUT2D eigenvalue weighted by Gasteiger charge is 2.26. The van der Waals surface area contributed by atoms with Crippen molar-refractivity contribution < 1.29 is 33.1 Å². The molecule has 1 fully saturated rings. The third-order valence-electron chi connectivity index (χ3n) is 4.98. The summed E-state index contributed by atoms with van der Waals surface area (Å²) in [6, 6.07) is 6.29. The number of rotatable bonds is 7. The predicted octanol–water partition coefficient (Wildman–Crippen LogP) is 1.54. The number of sulfonamides is 1. The van der Waals surface area contributed by atoms with Gasteiger partial charge >= 0.3 is 11.9 Å². The van der Waals surface area contributed by atoms with Gasteiger partial charge in [-0.05, 0) is 37.4 Å². The zero-order valence-corrected chi connectivity index (χ0v) is 17.7. The number of nitro groups is 1. The highest BCUT2D eigenvalue weighted by atomic mass is 32.2. The average Bonchev–Trinajstić information content (AvgIpc) is 2.73. The largest absolute Gasteiger partial charge is 0.478 e. The minimum Gasteiger partial charge on any atom is -0.478 e. The zero-order chi connectivity index (χ0) is 23.6. The summed E-state index contributed by atoms with van der Waals surface area (Å²) in [6.45, 7) is 2.48. The molecule has 0 bridgehead atoms. The standard InChI is InChI=1S/C19H20N4O8S/c1-21-4-6-22(7-5-21)16-3-2-15(11-17(16)23(28)29)32(30,31)20-14-9-12(18(24)25)8-13(10-14)19(26)27/h2-3,8-11,20H,4-7H2,1H3,(H,24,25)(H,26,27). The molecule has 0 amide bonds. The Balaban J connectivity index is 1.97. The molecule has 1 aliphatic heterocycles. The molecule has 2 aromatic carbocycles. The maximum Gasteiger partial charge on any atom is 0.335 e. The Hall–Kier alpha value is -3.71. The highest BCUT2D eigenvalue weighted by Crippen LogP contribution is 2.32. The lowest BCUT2D eigenvalue weighted by atomic mass is 10.1. The van der Waals surface area contributed by atoms with Gasteiger partial charge in [0.25, 0.3) is 15.7 Å². The van der Waals surface area contributed by atoms with Crippen molar-refractivity contribution in [3.63, 3.8) is 0 Å². The zero-order valence-electron chi connectivity index (χ0n) is 16.9. The van der Waals surface area contributed by atoms with Gasteiger partial charge in [0.05, 0.1) is 26.6 Å². The van der Waals surface area contributed by atoms with Crippen molar-refractivity contribution in [2.45, 2.75) is 4.90 Å². The molecule has 0 unspecified atom stereocenters. The summed E-state index contributed by atoms with van der Waals surface area (Å²) in [5, 5.41) is 29.9. The number of carboxylic acids is 2. The van der Waals surface area contributed by atoms with Gasteiger partial charge in [-0.3, -0.25) is 14.8 Å². The summed E-state index contributed by atoms with van der Waals surface area (Å²) in [4.78, 5) is 36.9. The maximum atomic E-state index is 12.8. The molecular weight excluding hydrogens is 444 g/mol. The Morgan fingerprint density at radius 2 is 1.56 bits per heavy atom. The second kappa shape index (κ2) is 8.80.